The molecule has 0 spiro atoms. The minimum absolute atomic E-state index is 0.0140. The monoisotopic (exact) mass is 532 g/mol. The number of nitrogens with zero attached hydrogens (tertiary/aromatic N) is 1. The molecule has 0 aliphatic carbocycles. The van der Waals surface area contributed by atoms with Crippen LogP contribution in [0.5, 0.6) is 0 Å². The lowest BCUT2D eigenvalue weighted by molar-refractivity contribution is -0.164. The van der Waals surface area contributed by atoms with Gasteiger partial charge in [0.1, 0.15) is 23.3 Å². The van der Waals surface area contributed by atoms with Crippen LogP contribution in [0.1, 0.15) is 67.7 Å². The van der Waals surface area contributed by atoms with Crippen LogP contribution in [0.25, 0.3) is 0 Å². The molecule has 1 saturated heterocycles. The van der Waals surface area contributed by atoms with Crippen LogP contribution in [0.2, 0.25) is 0 Å². The van der Waals surface area contributed by atoms with Crippen molar-refractivity contribution in [2.45, 2.75) is 97.1 Å². The fourth-order valence-electron chi connectivity index (χ4n) is 3.09. The molecule has 0 amide bonds. The van der Waals surface area contributed by atoms with E-state index >= 15 is 0 Å². The van der Waals surface area contributed by atoms with Crippen LogP contribution < -0.4 is 5.32 Å². The number of thiocarbonyl (C=S) groups is 2. The second-order valence-corrected chi connectivity index (χ2v) is 11.1. The lowest BCUT2D eigenvalue weighted by atomic mass is 10.0. The lowest BCUT2D eigenvalue weighted by Gasteiger charge is -2.42. The second kappa shape index (κ2) is 12.6. The standard InChI is InChI=1S/C23H36N2O8S2/c1-13(26)31-16(21(29)30-8)12-17(34)24-14(19(27)32-22(2,3)4)11-18(35)25-10-9-15(25)20(28)33-23(5,6)7/h14-16H,9-12H2,1-8H3,(H,24,34)/t14-,15-,16+/m0/s1. The summed E-state index contributed by atoms with van der Waals surface area (Å²) in [5, 5.41) is 2.87. The molecule has 1 aliphatic heterocycles. The first-order valence-corrected chi connectivity index (χ1v) is 12.0. The van der Waals surface area contributed by atoms with Gasteiger partial charge < -0.3 is 29.2 Å². The first kappa shape index (κ1) is 30.7. The SMILES string of the molecule is COC(=O)[C@@H](CC(=S)N[C@@H](CC(=S)N1CC[C@H]1C(=O)OC(C)(C)C)C(=O)OC(C)(C)C)OC(C)=O. The maximum Gasteiger partial charge on any atom is 0.347 e. The quantitative estimate of drug-likeness (QED) is 0.266. The van der Waals surface area contributed by atoms with Gasteiger partial charge in [-0.15, -0.1) is 0 Å². The highest BCUT2D eigenvalue weighted by Gasteiger charge is 2.40. The summed E-state index contributed by atoms with van der Waals surface area (Å²) in [5.41, 5.74) is -1.41. The van der Waals surface area contributed by atoms with E-state index in [0.29, 0.717) is 18.0 Å². The summed E-state index contributed by atoms with van der Waals surface area (Å²) in [4.78, 5) is 50.9. The zero-order valence-electron chi connectivity index (χ0n) is 21.6. The Hall–Kier alpha value is -2.34. The molecule has 0 radical (unpaired) electrons. The van der Waals surface area contributed by atoms with Crippen LogP contribution in [0.4, 0.5) is 0 Å². The highest BCUT2D eigenvalue weighted by molar-refractivity contribution is 7.80. The summed E-state index contributed by atoms with van der Waals surface area (Å²) >= 11 is 10.9. The number of rotatable bonds is 9. The van der Waals surface area contributed by atoms with E-state index in [-0.39, 0.29) is 23.8 Å². The number of carbonyl (C=O) groups is 4. The van der Waals surface area contributed by atoms with Gasteiger partial charge in [-0.25, -0.2) is 14.4 Å². The van der Waals surface area contributed by atoms with Gasteiger partial charge in [-0.1, -0.05) is 24.4 Å². The molecule has 0 bridgehead atoms. The molecular formula is C23H36N2O8S2. The van der Waals surface area contributed by atoms with Crippen molar-refractivity contribution in [2.75, 3.05) is 13.7 Å². The zero-order chi connectivity index (χ0) is 27.1. The second-order valence-electron chi connectivity index (χ2n) is 10.1. The molecule has 35 heavy (non-hydrogen) atoms. The highest BCUT2D eigenvalue weighted by Crippen LogP contribution is 2.24. The van der Waals surface area contributed by atoms with Crippen LogP contribution in [-0.4, -0.2) is 81.8 Å². The number of carbonyl (C=O) groups excluding carboxylic acids is 4. The fourth-order valence-corrected chi connectivity index (χ4v) is 3.76. The van der Waals surface area contributed by atoms with Gasteiger partial charge in [-0.05, 0) is 48.0 Å². The third-order valence-electron chi connectivity index (χ3n) is 4.57. The molecule has 0 unspecified atom stereocenters. The average molecular weight is 533 g/mol. The average Bonchev–Trinajstić information content (AvgIpc) is 2.61. The van der Waals surface area contributed by atoms with Gasteiger partial charge in [0, 0.05) is 26.3 Å². The van der Waals surface area contributed by atoms with Gasteiger partial charge >= 0.3 is 23.9 Å². The van der Waals surface area contributed by atoms with E-state index in [9.17, 15) is 19.2 Å². The predicted octanol–water partition coefficient (Wildman–Crippen LogP) is 2.24. The normalized spacial score (nSPS) is 17.3. The third kappa shape index (κ3) is 10.9. The first-order chi connectivity index (χ1) is 15.9. The summed E-state index contributed by atoms with van der Waals surface area (Å²) in [6.45, 7) is 12.2. The van der Waals surface area contributed by atoms with Crippen molar-refractivity contribution >= 4 is 58.3 Å². The van der Waals surface area contributed by atoms with Crippen molar-refractivity contribution in [3.05, 3.63) is 0 Å². The number of esters is 4. The molecule has 198 valence electrons. The van der Waals surface area contributed by atoms with Crippen LogP contribution in [0.15, 0.2) is 0 Å². The Kier molecular flexibility index (Phi) is 11.0. The van der Waals surface area contributed by atoms with Gasteiger partial charge in [-0.3, -0.25) is 4.79 Å². The molecule has 1 fully saturated rings. The Morgan fingerprint density at radius 2 is 1.54 bits per heavy atom. The number of hydrogen-bond acceptors (Lipinski definition) is 10. The number of hydrogen-bond donors (Lipinski definition) is 1. The number of methoxy groups -OCH3 is 1. The Morgan fingerprint density at radius 3 is 1.97 bits per heavy atom. The first-order valence-electron chi connectivity index (χ1n) is 11.2. The maximum atomic E-state index is 12.9. The molecule has 0 aromatic carbocycles. The Labute approximate surface area is 217 Å². The van der Waals surface area contributed by atoms with E-state index in [2.05, 4.69) is 10.1 Å². The largest absolute Gasteiger partial charge is 0.466 e. The topological polar surface area (TPSA) is 120 Å². The Balaban J connectivity index is 2.96. The predicted molar refractivity (Wildman–Crippen MR) is 136 cm³/mol. The Bertz CT molecular complexity index is 847. The third-order valence-corrected chi connectivity index (χ3v) is 5.25. The summed E-state index contributed by atoms with van der Waals surface area (Å²) in [7, 11) is 1.16. The minimum atomic E-state index is -1.27. The van der Waals surface area contributed by atoms with Gasteiger partial charge in [-0.2, -0.15) is 0 Å². The van der Waals surface area contributed by atoms with Gasteiger partial charge in [0.15, 0.2) is 0 Å². The number of ether oxygens (including phenoxy) is 4. The van der Waals surface area contributed by atoms with Gasteiger partial charge in [0.05, 0.1) is 17.1 Å². The molecule has 1 aliphatic rings. The van der Waals surface area contributed by atoms with Crippen molar-refractivity contribution in [2.24, 2.45) is 0 Å². The van der Waals surface area contributed by atoms with Crippen LogP contribution >= 0.6 is 24.4 Å². The van der Waals surface area contributed by atoms with E-state index in [1.54, 1.807) is 46.4 Å². The molecule has 1 N–H and O–H groups in total. The minimum Gasteiger partial charge on any atom is -0.466 e. The molecule has 12 heteroatoms. The van der Waals surface area contributed by atoms with E-state index in [0.717, 1.165) is 14.0 Å². The van der Waals surface area contributed by atoms with Crippen molar-refractivity contribution in [3.8, 4) is 0 Å². The van der Waals surface area contributed by atoms with E-state index < -0.39 is 47.3 Å². The van der Waals surface area contributed by atoms with Gasteiger partial charge in [0.2, 0.25) is 6.10 Å². The number of likely N-dealkylation sites (tertiary alicyclic amines) is 1. The summed E-state index contributed by atoms with van der Waals surface area (Å²) in [6, 6.07) is -1.52. The molecule has 10 nitrogen and oxygen atoms in total. The summed E-state index contributed by atoms with van der Waals surface area (Å²) < 4.78 is 20.6. The van der Waals surface area contributed by atoms with Crippen LogP contribution in [0.3, 0.4) is 0 Å². The van der Waals surface area contributed by atoms with Crippen LogP contribution in [0, 0.1) is 0 Å². The van der Waals surface area contributed by atoms with Crippen molar-refractivity contribution in [1.82, 2.24) is 10.2 Å². The highest BCUT2D eigenvalue weighted by atomic mass is 32.1. The van der Waals surface area contributed by atoms with Gasteiger partial charge in [0.25, 0.3) is 0 Å². The van der Waals surface area contributed by atoms with E-state index in [4.69, 9.17) is 38.6 Å². The smallest absolute Gasteiger partial charge is 0.347 e. The van der Waals surface area contributed by atoms with Crippen molar-refractivity contribution < 1.29 is 38.1 Å². The lowest BCUT2D eigenvalue weighted by Crippen LogP contribution is -2.57. The van der Waals surface area contributed by atoms with Crippen LogP contribution in [-0.2, 0) is 38.1 Å². The molecule has 0 aromatic rings. The molecule has 0 aromatic heterocycles. The molecular weight excluding hydrogens is 496 g/mol. The maximum absolute atomic E-state index is 12.9. The van der Waals surface area contributed by atoms with Crippen molar-refractivity contribution in [1.29, 1.82) is 0 Å². The molecule has 1 rings (SSSR count). The van der Waals surface area contributed by atoms with Crippen molar-refractivity contribution in [3.63, 3.8) is 0 Å². The Morgan fingerprint density at radius 1 is 0.971 bits per heavy atom. The fraction of sp³-hybridized carbons (Fsp3) is 0.739. The molecule has 3 atom stereocenters. The summed E-state index contributed by atoms with van der Waals surface area (Å²) in [6.07, 6.45) is -0.866. The zero-order valence-corrected chi connectivity index (χ0v) is 23.2. The summed E-state index contributed by atoms with van der Waals surface area (Å²) in [5.74, 6) is -2.46. The number of nitrogens with one attached hydrogen (secondary N) is 1. The van der Waals surface area contributed by atoms with E-state index in [1.807, 2.05) is 0 Å². The molecule has 1 heterocycles. The molecule has 0 saturated carbocycles. The van der Waals surface area contributed by atoms with E-state index in [1.165, 1.54) is 0 Å².